The summed E-state index contributed by atoms with van der Waals surface area (Å²) in [6.07, 6.45) is 3.71. The summed E-state index contributed by atoms with van der Waals surface area (Å²) in [4.78, 5) is 11.5. The van der Waals surface area contributed by atoms with Gasteiger partial charge in [0.2, 0.25) is 0 Å². The summed E-state index contributed by atoms with van der Waals surface area (Å²) in [5.74, 6) is -0.287. The molecule has 2 atom stereocenters. The third-order valence-corrected chi connectivity index (χ3v) is 2.67. The summed E-state index contributed by atoms with van der Waals surface area (Å²) in [6, 6.07) is 0. The van der Waals surface area contributed by atoms with Crippen LogP contribution in [-0.2, 0) is 19.0 Å². The van der Waals surface area contributed by atoms with Crippen molar-refractivity contribution in [2.45, 2.75) is 59.7 Å². The lowest BCUT2D eigenvalue weighted by Crippen LogP contribution is -2.25. The van der Waals surface area contributed by atoms with E-state index in [-0.39, 0.29) is 18.2 Å². The van der Waals surface area contributed by atoms with Crippen LogP contribution >= 0.6 is 0 Å². The first-order valence-corrected chi connectivity index (χ1v) is 7.04. The van der Waals surface area contributed by atoms with Crippen LogP contribution in [0.2, 0.25) is 0 Å². The van der Waals surface area contributed by atoms with Gasteiger partial charge in [-0.15, -0.1) is 0 Å². The molecule has 0 bridgehead atoms. The largest absolute Gasteiger partial charge is 0.457 e. The first kappa shape index (κ1) is 18.1. The van der Waals surface area contributed by atoms with Crippen molar-refractivity contribution in [3.63, 3.8) is 0 Å². The average Bonchev–Trinajstić information content (AvgIpc) is 2.40. The van der Waals surface area contributed by atoms with Gasteiger partial charge >= 0.3 is 5.97 Å². The second kappa shape index (κ2) is 11.0. The molecule has 19 heavy (non-hydrogen) atoms. The van der Waals surface area contributed by atoms with Crippen molar-refractivity contribution < 1.29 is 19.0 Å². The smallest absolute Gasteiger partial charge is 0.333 e. The average molecular weight is 272 g/mol. The molecule has 0 saturated heterocycles. The van der Waals surface area contributed by atoms with Gasteiger partial charge in [0.25, 0.3) is 0 Å². The van der Waals surface area contributed by atoms with Crippen molar-refractivity contribution in [2.24, 2.45) is 0 Å². The monoisotopic (exact) mass is 272 g/mol. The molecule has 4 nitrogen and oxygen atoms in total. The van der Waals surface area contributed by atoms with Crippen LogP contribution in [0.3, 0.4) is 0 Å². The highest BCUT2D eigenvalue weighted by molar-refractivity contribution is 5.87. The quantitative estimate of drug-likeness (QED) is 0.348. The highest BCUT2D eigenvalue weighted by atomic mass is 16.6. The van der Waals surface area contributed by atoms with Crippen LogP contribution in [0.4, 0.5) is 0 Å². The van der Waals surface area contributed by atoms with Gasteiger partial charge in [0, 0.05) is 12.2 Å². The lowest BCUT2D eigenvalue weighted by molar-refractivity contribution is -0.147. The van der Waals surface area contributed by atoms with Gasteiger partial charge in [0.1, 0.15) is 6.10 Å². The van der Waals surface area contributed by atoms with E-state index < -0.39 is 0 Å². The molecule has 0 aromatic heterocycles. The molecule has 0 radical (unpaired) electrons. The van der Waals surface area contributed by atoms with E-state index >= 15 is 0 Å². The molecule has 0 aromatic rings. The second-order valence-corrected chi connectivity index (χ2v) is 4.76. The Morgan fingerprint density at radius 2 is 1.89 bits per heavy atom. The van der Waals surface area contributed by atoms with Gasteiger partial charge in [-0.1, -0.05) is 19.4 Å². The number of allylic oxidation sites excluding steroid dienone is 1. The maximum absolute atomic E-state index is 11.5. The molecule has 0 aliphatic rings. The van der Waals surface area contributed by atoms with E-state index in [1.165, 1.54) is 0 Å². The van der Waals surface area contributed by atoms with Crippen LogP contribution in [0.25, 0.3) is 0 Å². The molecule has 4 heteroatoms. The number of hydrogen-bond donors (Lipinski definition) is 0. The fraction of sp³-hybridized carbons (Fsp3) is 0.800. The fourth-order valence-electron chi connectivity index (χ4n) is 1.27. The molecule has 0 N–H and O–H groups in total. The van der Waals surface area contributed by atoms with E-state index in [0.717, 1.165) is 19.4 Å². The number of rotatable bonds is 10. The molecular formula is C15H28O4. The van der Waals surface area contributed by atoms with Crippen LogP contribution in [0.5, 0.6) is 0 Å². The number of ether oxygens (including phenoxy) is 3. The maximum Gasteiger partial charge on any atom is 0.333 e. The highest BCUT2D eigenvalue weighted by Gasteiger charge is 2.12. The van der Waals surface area contributed by atoms with Crippen LogP contribution in [0.1, 0.15) is 47.5 Å². The SMILES string of the molecule is C/C=C(\C)C(=O)OC(C)COC(C)COCCCC. The normalized spacial score (nSPS) is 15.1. The number of carbonyl (C=O) groups excluding carboxylic acids is 1. The Bertz CT molecular complexity index is 273. The zero-order valence-corrected chi connectivity index (χ0v) is 12.9. The molecule has 0 spiro atoms. The van der Waals surface area contributed by atoms with E-state index in [1.807, 2.05) is 20.8 Å². The van der Waals surface area contributed by atoms with Crippen molar-refractivity contribution in [1.82, 2.24) is 0 Å². The molecule has 0 heterocycles. The number of hydrogen-bond acceptors (Lipinski definition) is 4. The van der Waals surface area contributed by atoms with Gasteiger partial charge in [-0.05, 0) is 34.1 Å². The van der Waals surface area contributed by atoms with E-state index in [1.54, 1.807) is 13.0 Å². The Hall–Kier alpha value is -0.870. The van der Waals surface area contributed by atoms with Crippen molar-refractivity contribution >= 4 is 5.97 Å². The summed E-state index contributed by atoms with van der Waals surface area (Å²) < 4.78 is 16.3. The van der Waals surface area contributed by atoms with Crippen molar-refractivity contribution in [3.05, 3.63) is 11.6 Å². The van der Waals surface area contributed by atoms with Gasteiger partial charge < -0.3 is 14.2 Å². The molecule has 0 aliphatic heterocycles. The second-order valence-electron chi connectivity index (χ2n) is 4.76. The molecule has 0 aliphatic carbocycles. The molecule has 2 unspecified atom stereocenters. The molecule has 0 aromatic carbocycles. The standard InChI is InChI=1S/C15H28O4/c1-6-8-9-17-10-13(4)18-11-14(5)19-15(16)12(3)7-2/h7,13-14H,6,8-11H2,1-5H3/b12-7+. The molecule has 0 fully saturated rings. The molecule has 112 valence electrons. The molecule has 0 saturated carbocycles. The number of unbranched alkanes of at least 4 members (excludes halogenated alkanes) is 1. The van der Waals surface area contributed by atoms with Crippen LogP contribution < -0.4 is 0 Å². The fourth-order valence-corrected chi connectivity index (χ4v) is 1.27. The molecular weight excluding hydrogens is 244 g/mol. The highest BCUT2D eigenvalue weighted by Crippen LogP contribution is 2.03. The van der Waals surface area contributed by atoms with Gasteiger partial charge in [-0.3, -0.25) is 0 Å². The number of carbonyl (C=O) groups is 1. The Morgan fingerprint density at radius 3 is 2.47 bits per heavy atom. The van der Waals surface area contributed by atoms with E-state index in [4.69, 9.17) is 14.2 Å². The predicted octanol–water partition coefficient (Wildman–Crippen LogP) is 3.11. The van der Waals surface area contributed by atoms with Gasteiger partial charge in [-0.2, -0.15) is 0 Å². The Morgan fingerprint density at radius 1 is 1.21 bits per heavy atom. The van der Waals surface area contributed by atoms with E-state index in [0.29, 0.717) is 18.8 Å². The van der Waals surface area contributed by atoms with Crippen molar-refractivity contribution in [1.29, 1.82) is 0 Å². The Labute approximate surface area is 117 Å². The third-order valence-electron chi connectivity index (χ3n) is 2.67. The first-order valence-electron chi connectivity index (χ1n) is 7.04. The van der Waals surface area contributed by atoms with Crippen LogP contribution in [0, 0.1) is 0 Å². The summed E-state index contributed by atoms with van der Waals surface area (Å²) in [5, 5.41) is 0. The lowest BCUT2D eigenvalue weighted by Gasteiger charge is -2.18. The Kier molecular flexibility index (Phi) is 10.5. The molecule has 0 rings (SSSR count). The Balaban J connectivity index is 3.71. The van der Waals surface area contributed by atoms with Crippen LogP contribution in [-0.4, -0.2) is 38.0 Å². The minimum absolute atomic E-state index is 0.0147. The van der Waals surface area contributed by atoms with Crippen molar-refractivity contribution in [2.75, 3.05) is 19.8 Å². The maximum atomic E-state index is 11.5. The minimum atomic E-state index is -0.287. The van der Waals surface area contributed by atoms with Gasteiger partial charge in [-0.25, -0.2) is 4.79 Å². The summed E-state index contributed by atoms with van der Waals surface area (Å²) in [5.41, 5.74) is 0.614. The third kappa shape index (κ3) is 9.68. The van der Waals surface area contributed by atoms with E-state index in [9.17, 15) is 4.79 Å². The zero-order valence-electron chi connectivity index (χ0n) is 12.9. The minimum Gasteiger partial charge on any atom is -0.457 e. The lowest BCUT2D eigenvalue weighted by atomic mass is 10.3. The summed E-state index contributed by atoms with van der Waals surface area (Å²) in [7, 11) is 0. The predicted molar refractivity (Wildman–Crippen MR) is 76.1 cm³/mol. The number of esters is 1. The van der Waals surface area contributed by atoms with Crippen molar-refractivity contribution in [3.8, 4) is 0 Å². The zero-order chi connectivity index (χ0) is 14.7. The summed E-state index contributed by atoms with van der Waals surface area (Å²) in [6.45, 7) is 11.2. The summed E-state index contributed by atoms with van der Waals surface area (Å²) >= 11 is 0. The van der Waals surface area contributed by atoms with E-state index in [2.05, 4.69) is 6.92 Å². The van der Waals surface area contributed by atoms with Gasteiger partial charge in [0.15, 0.2) is 0 Å². The van der Waals surface area contributed by atoms with Crippen LogP contribution in [0.15, 0.2) is 11.6 Å². The van der Waals surface area contributed by atoms with Gasteiger partial charge in [0.05, 0.1) is 19.3 Å². The topological polar surface area (TPSA) is 44.8 Å². The first-order chi connectivity index (χ1) is 9.01. The molecule has 0 amide bonds.